The van der Waals surface area contributed by atoms with Gasteiger partial charge in [0, 0.05) is 19.7 Å². The van der Waals surface area contributed by atoms with Gasteiger partial charge >= 0.3 is 0 Å². The van der Waals surface area contributed by atoms with E-state index in [9.17, 15) is 14.4 Å². The molecular weight excluding hydrogens is 382 g/mol. The van der Waals surface area contributed by atoms with Crippen LogP contribution >= 0.6 is 0 Å². The number of aromatic nitrogens is 2. The molecule has 2 fully saturated rings. The van der Waals surface area contributed by atoms with Gasteiger partial charge in [-0.15, -0.1) is 0 Å². The van der Waals surface area contributed by atoms with Crippen LogP contribution in [0.4, 0.5) is 0 Å². The predicted molar refractivity (Wildman–Crippen MR) is 98.8 cm³/mol. The van der Waals surface area contributed by atoms with Gasteiger partial charge in [-0.05, 0) is 24.9 Å². The number of nitrogens with one attached hydrogen (secondary N) is 1. The van der Waals surface area contributed by atoms with E-state index in [4.69, 9.17) is 9.47 Å². The normalized spacial score (nSPS) is 23.8. The van der Waals surface area contributed by atoms with Crippen LogP contribution in [0.15, 0.2) is 4.63 Å². The zero-order valence-corrected chi connectivity index (χ0v) is 16.9. The van der Waals surface area contributed by atoms with Crippen LogP contribution in [0, 0.1) is 12.8 Å². The van der Waals surface area contributed by atoms with Crippen molar-refractivity contribution in [3.05, 3.63) is 5.69 Å². The molecule has 0 unspecified atom stereocenters. The van der Waals surface area contributed by atoms with Crippen molar-refractivity contribution in [3.8, 4) is 5.88 Å². The Bertz CT molecular complexity index is 753. The second-order valence-corrected chi connectivity index (χ2v) is 7.27. The fourth-order valence-corrected chi connectivity index (χ4v) is 4.12. The Labute approximate surface area is 168 Å². The van der Waals surface area contributed by atoms with E-state index in [1.807, 2.05) is 6.92 Å². The van der Waals surface area contributed by atoms with Crippen molar-refractivity contribution in [1.82, 2.24) is 25.4 Å². The summed E-state index contributed by atoms with van der Waals surface area (Å²) in [5.74, 6) is -0.467. The first-order valence-electron chi connectivity index (χ1n) is 9.73. The Balaban J connectivity index is 1.55. The summed E-state index contributed by atoms with van der Waals surface area (Å²) >= 11 is 0. The number of carbonyl (C=O) groups is 3. The number of amides is 3. The fraction of sp³-hybridized carbons (Fsp3) is 0.722. The Morgan fingerprint density at radius 1 is 1.34 bits per heavy atom. The largest absolute Gasteiger partial charge is 0.472 e. The number of piperazine rings is 1. The minimum absolute atomic E-state index is 0.0302. The van der Waals surface area contributed by atoms with Crippen LogP contribution < -0.4 is 10.1 Å². The van der Waals surface area contributed by atoms with Crippen molar-refractivity contribution < 1.29 is 28.5 Å². The van der Waals surface area contributed by atoms with Crippen molar-refractivity contribution in [2.24, 2.45) is 5.92 Å². The smallest absolute Gasteiger partial charge is 0.278 e. The number of fused-ring (bicyclic) bond motifs is 1. The molecule has 3 rings (SSSR count). The van der Waals surface area contributed by atoms with Gasteiger partial charge in [0.25, 0.3) is 5.88 Å². The van der Waals surface area contributed by atoms with E-state index in [-0.39, 0.29) is 55.5 Å². The van der Waals surface area contributed by atoms with Crippen molar-refractivity contribution in [2.45, 2.75) is 38.8 Å². The molecule has 1 aromatic rings. The summed E-state index contributed by atoms with van der Waals surface area (Å²) in [6.07, 6.45) is 1.20. The Hall–Kier alpha value is -2.69. The molecule has 0 radical (unpaired) electrons. The number of hydrogen-bond acceptors (Lipinski definition) is 8. The maximum atomic E-state index is 12.8. The zero-order chi connectivity index (χ0) is 21.0. The van der Waals surface area contributed by atoms with Gasteiger partial charge in [-0.25, -0.2) is 4.63 Å². The zero-order valence-electron chi connectivity index (χ0n) is 16.9. The molecule has 2 aliphatic rings. The first-order chi connectivity index (χ1) is 14.0. The average molecular weight is 409 g/mol. The van der Waals surface area contributed by atoms with Gasteiger partial charge in [-0.1, -0.05) is 12.1 Å². The van der Waals surface area contributed by atoms with E-state index < -0.39 is 0 Å². The van der Waals surface area contributed by atoms with E-state index in [1.165, 1.54) is 12.0 Å². The van der Waals surface area contributed by atoms with Crippen LogP contribution in [0.2, 0.25) is 0 Å². The summed E-state index contributed by atoms with van der Waals surface area (Å²) in [4.78, 5) is 40.9. The number of ether oxygens (including phenoxy) is 2. The number of carbonyl (C=O) groups excluding carboxylic acids is 3. The molecule has 160 valence electrons. The summed E-state index contributed by atoms with van der Waals surface area (Å²) in [7, 11) is 1.45. The monoisotopic (exact) mass is 409 g/mol. The van der Waals surface area contributed by atoms with Gasteiger partial charge in [0.15, 0.2) is 0 Å². The highest BCUT2D eigenvalue weighted by atomic mass is 16.6. The van der Waals surface area contributed by atoms with E-state index in [2.05, 4.69) is 20.3 Å². The van der Waals surface area contributed by atoms with Crippen molar-refractivity contribution in [1.29, 1.82) is 0 Å². The standard InChI is InChI=1S/C18H27N5O6/c1-4-14-13(17(26)19-5-6-28-18-11(2)20-29-21-18)7-12-8-22(16(25)10-27-3)9-15(24)23(12)14/h12-14H,4-10H2,1-3H3,(H,19,26)/t12-,13-,14-/m0/s1. The average Bonchev–Trinajstić information content (AvgIpc) is 3.28. The number of aryl methyl sites for hydroxylation is 1. The topological polar surface area (TPSA) is 127 Å². The number of rotatable bonds is 8. The highest BCUT2D eigenvalue weighted by Gasteiger charge is 2.49. The molecule has 11 nitrogen and oxygen atoms in total. The Morgan fingerprint density at radius 2 is 2.14 bits per heavy atom. The number of methoxy groups -OCH3 is 1. The summed E-state index contributed by atoms with van der Waals surface area (Å²) in [6.45, 7) is 4.61. The van der Waals surface area contributed by atoms with Gasteiger partial charge in [0.1, 0.15) is 18.9 Å². The van der Waals surface area contributed by atoms with E-state index in [1.54, 1.807) is 11.8 Å². The molecule has 0 aliphatic carbocycles. The third kappa shape index (κ3) is 4.50. The summed E-state index contributed by atoms with van der Waals surface area (Å²) in [6, 6.07) is -0.326. The van der Waals surface area contributed by atoms with Gasteiger partial charge in [0.2, 0.25) is 17.7 Å². The highest BCUT2D eigenvalue weighted by Crippen LogP contribution is 2.35. The van der Waals surface area contributed by atoms with Crippen molar-refractivity contribution in [2.75, 3.05) is 40.0 Å². The lowest BCUT2D eigenvalue weighted by atomic mass is 9.96. The van der Waals surface area contributed by atoms with Gasteiger partial charge in [0.05, 0.1) is 25.0 Å². The molecule has 0 bridgehead atoms. The van der Waals surface area contributed by atoms with Crippen LogP contribution in [0.1, 0.15) is 25.5 Å². The fourth-order valence-electron chi connectivity index (χ4n) is 4.12. The minimum Gasteiger partial charge on any atom is -0.472 e. The lowest BCUT2D eigenvalue weighted by Gasteiger charge is -2.39. The van der Waals surface area contributed by atoms with E-state index in [0.717, 1.165) is 0 Å². The molecule has 0 spiro atoms. The first kappa shape index (κ1) is 21.0. The van der Waals surface area contributed by atoms with Crippen LogP contribution in [-0.4, -0.2) is 89.9 Å². The third-order valence-corrected chi connectivity index (χ3v) is 5.41. The maximum absolute atomic E-state index is 12.8. The van der Waals surface area contributed by atoms with E-state index in [0.29, 0.717) is 37.5 Å². The number of hydrogen-bond donors (Lipinski definition) is 1. The highest BCUT2D eigenvalue weighted by molar-refractivity contribution is 5.89. The Kier molecular flexibility index (Phi) is 6.68. The lowest BCUT2D eigenvalue weighted by molar-refractivity contribution is -0.150. The minimum atomic E-state index is -0.318. The molecule has 0 aromatic carbocycles. The van der Waals surface area contributed by atoms with Crippen LogP contribution in [0.3, 0.4) is 0 Å². The quantitative estimate of drug-likeness (QED) is 0.562. The van der Waals surface area contributed by atoms with Crippen LogP contribution in [-0.2, 0) is 19.1 Å². The van der Waals surface area contributed by atoms with Gasteiger partial charge < -0.3 is 24.6 Å². The second kappa shape index (κ2) is 9.21. The molecular formula is C18H27N5O6. The molecule has 1 N–H and O–H groups in total. The maximum Gasteiger partial charge on any atom is 0.278 e. The molecule has 11 heteroatoms. The van der Waals surface area contributed by atoms with E-state index >= 15 is 0 Å². The molecule has 2 saturated heterocycles. The Morgan fingerprint density at radius 3 is 2.79 bits per heavy atom. The van der Waals surface area contributed by atoms with Crippen LogP contribution in [0.25, 0.3) is 0 Å². The molecule has 3 heterocycles. The molecule has 0 saturated carbocycles. The predicted octanol–water partition coefficient (Wildman–Crippen LogP) is -0.643. The molecule has 1 aromatic heterocycles. The summed E-state index contributed by atoms with van der Waals surface area (Å²) < 4.78 is 14.9. The van der Waals surface area contributed by atoms with Crippen molar-refractivity contribution in [3.63, 3.8) is 0 Å². The SMILES string of the molecule is CC[C@H]1[C@@H](C(=O)NCCOc2nonc2C)C[C@H]2CN(C(=O)COC)CC(=O)N21. The molecule has 3 atom stereocenters. The second-order valence-electron chi connectivity index (χ2n) is 7.27. The van der Waals surface area contributed by atoms with Crippen LogP contribution in [0.5, 0.6) is 5.88 Å². The summed E-state index contributed by atoms with van der Waals surface area (Å²) in [5, 5.41) is 10.1. The third-order valence-electron chi connectivity index (χ3n) is 5.41. The van der Waals surface area contributed by atoms with Crippen molar-refractivity contribution >= 4 is 17.7 Å². The molecule has 3 amide bonds. The summed E-state index contributed by atoms with van der Waals surface area (Å²) in [5.41, 5.74) is 0.543. The number of nitrogens with zero attached hydrogens (tertiary/aromatic N) is 4. The van der Waals surface area contributed by atoms with Gasteiger partial charge in [-0.3, -0.25) is 14.4 Å². The first-order valence-corrected chi connectivity index (χ1v) is 9.73. The lowest BCUT2D eigenvalue weighted by Crippen LogP contribution is -2.58. The van der Waals surface area contributed by atoms with Gasteiger partial charge in [-0.2, -0.15) is 0 Å². The molecule has 29 heavy (non-hydrogen) atoms. The molecule has 2 aliphatic heterocycles.